The molecule has 0 spiro atoms. The molecule has 0 aliphatic carbocycles. The molecule has 4 nitrogen and oxygen atoms in total. The van der Waals surface area contributed by atoms with Gasteiger partial charge in [-0.15, -0.1) is 11.3 Å². The van der Waals surface area contributed by atoms with Crippen molar-refractivity contribution in [2.24, 2.45) is 0 Å². The molecule has 1 N–H and O–H groups in total. The minimum absolute atomic E-state index is 0.0252. The van der Waals surface area contributed by atoms with Crippen molar-refractivity contribution < 1.29 is 8.42 Å². The molecule has 2 rings (SSSR count). The first-order valence-electron chi connectivity index (χ1n) is 5.36. The molecule has 0 aliphatic heterocycles. The first-order valence-corrected chi connectivity index (χ1v) is 8.41. The predicted octanol–water partition coefficient (Wildman–Crippen LogP) is 3.41. The Morgan fingerprint density at radius 2 is 1.90 bits per heavy atom. The van der Waals surface area contributed by atoms with E-state index in [1.807, 2.05) is 6.07 Å². The Bertz CT molecular complexity index is 762. The molecule has 0 fully saturated rings. The maximum Gasteiger partial charge on any atom is 0.243 e. The number of thiophene rings is 1. The van der Waals surface area contributed by atoms with E-state index in [1.165, 1.54) is 6.07 Å². The van der Waals surface area contributed by atoms with Crippen molar-refractivity contribution in [2.45, 2.75) is 11.4 Å². The summed E-state index contributed by atoms with van der Waals surface area (Å²) in [6.07, 6.45) is 0. The highest BCUT2D eigenvalue weighted by Crippen LogP contribution is 2.34. The second kappa shape index (κ2) is 6.12. The maximum atomic E-state index is 12.1. The number of hydrogen-bond acceptors (Lipinski definition) is 4. The van der Waals surface area contributed by atoms with Crippen LogP contribution in [0, 0.1) is 11.3 Å². The lowest BCUT2D eigenvalue weighted by atomic mass is 10.1. The second-order valence-corrected chi connectivity index (χ2v) is 7.84. The van der Waals surface area contributed by atoms with Crippen LogP contribution in [0.2, 0.25) is 8.67 Å². The van der Waals surface area contributed by atoms with Gasteiger partial charge in [-0.05, 0) is 23.8 Å². The summed E-state index contributed by atoms with van der Waals surface area (Å²) in [7, 11) is -3.70. The van der Waals surface area contributed by atoms with E-state index in [9.17, 15) is 8.42 Å². The van der Waals surface area contributed by atoms with Gasteiger partial charge in [-0.3, -0.25) is 0 Å². The van der Waals surface area contributed by atoms with Crippen molar-refractivity contribution in [1.82, 2.24) is 4.72 Å². The lowest BCUT2D eigenvalue weighted by molar-refractivity contribution is 0.582. The van der Waals surface area contributed by atoms with E-state index in [0.717, 1.165) is 16.9 Å². The minimum atomic E-state index is -3.70. The third-order valence-corrected chi connectivity index (χ3v) is 5.62. The van der Waals surface area contributed by atoms with Crippen LogP contribution < -0.4 is 4.72 Å². The van der Waals surface area contributed by atoms with E-state index in [1.54, 1.807) is 24.3 Å². The lowest BCUT2D eigenvalue weighted by Gasteiger charge is -2.05. The maximum absolute atomic E-state index is 12.1. The fourth-order valence-electron chi connectivity index (χ4n) is 1.46. The van der Waals surface area contributed by atoms with Gasteiger partial charge < -0.3 is 0 Å². The summed E-state index contributed by atoms with van der Waals surface area (Å²) < 4.78 is 27.0. The number of sulfonamides is 1. The summed E-state index contributed by atoms with van der Waals surface area (Å²) in [5, 5.41) is 8.68. The summed E-state index contributed by atoms with van der Waals surface area (Å²) in [6, 6.07) is 9.92. The van der Waals surface area contributed by atoms with Crippen molar-refractivity contribution >= 4 is 44.6 Å². The van der Waals surface area contributed by atoms with Gasteiger partial charge in [0.1, 0.15) is 9.23 Å². The number of nitriles is 1. The number of benzene rings is 1. The van der Waals surface area contributed by atoms with Gasteiger partial charge in [0.05, 0.1) is 16.0 Å². The number of nitrogens with one attached hydrogen (secondary N) is 1. The molecule has 1 aromatic carbocycles. The highest BCUT2D eigenvalue weighted by molar-refractivity contribution is 7.89. The Hall–Kier alpha value is -1.10. The second-order valence-electron chi connectivity index (χ2n) is 3.82. The van der Waals surface area contributed by atoms with E-state index < -0.39 is 10.0 Å². The van der Waals surface area contributed by atoms with Crippen molar-refractivity contribution in [2.75, 3.05) is 0 Å². The van der Waals surface area contributed by atoms with Crippen LogP contribution in [-0.4, -0.2) is 8.42 Å². The van der Waals surface area contributed by atoms with E-state index in [0.29, 0.717) is 9.90 Å². The van der Waals surface area contributed by atoms with Gasteiger partial charge in [-0.1, -0.05) is 35.3 Å². The van der Waals surface area contributed by atoms with Crippen LogP contribution in [0.25, 0.3) is 0 Å². The Labute approximate surface area is 130 Å². The molecule has 1 aromatic heterocycles. The molecular weight excluding hydrogens is 339 g/mol. The summed E-state index contributed by atoms with van der Waals surface area (Å²) >= 11 is 12.6. The van der Waals surface area contributed by atoms with Crippen molar-refractivity contribution in [3.63, 3.8) is 0 Å². The zero-order valence-electron chi connectivity index (χ0n) is 9.93. The van der Waals surface area contributed by atoms with Crippen LogP contribution in [0.3, 0.4) is 0 Å². The Kier molecular flexibility index (Phi) is 4.68. The summed E-state index contributed by atoms with van der Waals surface area (Å²) in [5.74, 6) is 0. The highest BCUT2D eigenvalue weighted by atomic mass is 35.5. The van der Waals surface area contributed by atoms with E-state index >= 15 is 0 Å². The number of rotatable bonds is 4. The van der Waals surface area contributed by atoms with Gasteiger partial charge in [-0.2, -0.15) is 5.26 Å². The molecule has 1 heterocycles. The first-order chi connectivity index (χ1) is 9.42. The third kappa shape index (κ3) is 3.51. The summed E-state index contributed by atoms with van der Waals surface area (Å²) in [4.78, 5) is -0.0252. The Morgan fingerprint density at radius 3 is 2.40 bits per heavy atom. The fourth-order valence-corrected chi connectivity index (χ4v) is 4.63. The van der Waals surface area contributed by atoms with E-state index in [4.69, 9.17) is 28.5 Å². The molecule has 8 heteroatoms. The normalized spacial score (nSPS) is 11.2. The Morgan fingerprint density at radius 1 is 1.25 bits per heavy atom. The molecule has 104 valence electrons. The van der Waals surface area contributed by atoms with Gasteiger partial charge in [0.2, 0.25) is 10.0 Å². The fraction of sp³-hybridized carbons (Fsp3) is 0.0833. The highest BCUT2D eigenvalue weighted by Gasteiger charge is 2.20. The molecule has 0 saturated carbocycles. The molecule has 2 aromatic rings. The minimum Gasteiger partial charge on any atom is -0.207 e. The van der Waals surface area contributed by atoms with E-state index in [-0.39, 0.29) is 15.8 Å². The van der Waals surface area contributed by atoms with Crippen LogP contribution in [-0.2, 0) is 16.6 Å². The largest absolute Gasteiger partial charge is 0.243 e. The van der Waals surface area contributed by atoms with Gasteiger partial charge in [0.15, 0.2) is 0 Å². The molecule has 0 amide bonds. The summed E-state index contributed by atoms with van der Waals surface area (Å²) in [6.45, 7) is 0.109. The van der Waals surface area contributed by atoms with Crippen molar-refractivity contribution in [3.8, 4) is 6.07 Å². The molecule has 0 aliphatic rings. The molecule has 0 bridgehead atoms. The molecular formula is C12H8Cl2N2O2S2. The smallest absolute Gasteiger partial charge is 0.207 e. The number of hydrogen-bond donors (Lipinski definition) is 1. The predicted molar refractivity (Wildman–Crippen MR) is 79.5 cm³/mol. The quantitative estimate of drug-likeness (QED) is 0.921. The SMILES string of the molecule is N#Cc1ccc(CNS(=O)(=O)c2cc(Cl)sc2Cl)cc1. The monoisotopic (exact) mass is 346 g/mol. The van der Waals surface area contributed by atoms with Crippen LogP contribution in [0.1, 0.15) is 11.1 Å². The number of halogens is 2. The molecule has 0 unspecified atom stereocenters. The van der Waals surface area contributed by atoms with Crippen molar-refractivity contribution in [3.05, 3.63) is 50.1 Å². The zero-order chi connectivity index (χ0) is 14.8. The van der Waals surface area contributed by atoms with Crippen LogP contribution >= 0.6 is 34.5 Å². The van der Waals surface area contributed by atoms with Crippen molar-refractivity contribution in [1.29, 1.82) is 5.26 Å². The van der Waals surface area contributed by atoms with E-state index in [2.05, 4.69) is 4.72 Å². The first kappa shape index (κ1) is 15.3. The zero-order valence-corrected chi connectivity index (χ0v) is 13.1. The Balaban J connectivity index is 2.13. The van der Waals surface area contributed by atoms with Gasteiger partial charge in [0, 0.05) is 6.54 Å². The van der Waals surface area contributed by atoms with Crippen LogP contribution in [0.5, 0.6) is 0 Å². The average molecular weight is 347 g/mol. The van der Waals surface area contributed by atoms with Crippen LogP contribution in [0.15, 0.2) is 35.2 Å². The van der Waals surface area contributed by atoms with Gasteiger partial charge >= 0.3 is 0 Å². The molecule has 0 atom stereocenters. The standard InChI is InChI=1S/C12H8Cl2N2O2S2/c13-11-5-10(12(14)19-11)20(17,18)16-7-9-3-1-8(6-15)2-4-9/h1-5,16H,7H2. The molecule has 0 radical (unpaired) electrons. The topological polar surface area (TPSA) is 70.0 Å². The molecule has 20 heavy (non-hydrogen) atoms. The lowest BCUT2D eigenvalue weighted by Crippen LogP contribution is -2.23. The number of nitrogens with zero attached hydrogens (tertiary/aromatic N) is 1. The van der Waals surface area contributed by atoms with Gasteiger partial charge in [-0.25, -0.2) is 13.1 Å². The third-order valence-electron chi connectivity index (χ3n) is 2.46. The summed E-state index contributed by atoms with van der Waals surface area (Å²) in [5.41, 5.74) is 1.26. The van der Waals surface area contributed by atoms with Crippen LogP contribution in [0.4, 0.5) is 0 Å². The van der Waals surface area contributed by atoms with Gasteiger partial charge in [0.25, 0.3) is 0 Å². The molecule has 0 saturated heterocycles. The average Bonchev–Trinajstić information content (AvgIpc) is 2.77.